The van der Waals surface area contributed by atoms with Crippen LogP contribution in [0, 0.1) is 0 Å². The lowest BCUT2D eigenvalue weighted by molar-refractivity contribution is -0.202. The third-order valence-electron chi connectivity index (χ3n) is 10.9. The van der Waals surface area contributed by atoms with E-state index in [0.717, 1.165) is 38.6 Å². The molecule has 0 spiro atoms. The number of hydrogen-bond acceptors (Lipinski definition) is 5. The number of aliphatic hydroxyl groups is 1. The Hall–Kier alpha value is -0.980. The molecule has 2 heterocycles. The van der Waals surface area contributed by atoms with E-state index in [2.05, 4.69) is 55.2 Å². The first-order valence-electron chi connectivity index (χ1n) is 21.7. The minimum atomic E-state index is -0.581. The lowest BCUT2D eigenvalue weighted by atomic mass is 9.98. The van der Waals surface area contributed by atoms with Gasteiger partial charge in [-0.05, 0) is 77.7 Å². The van der Waals surface area contributed by atoms with E-state index in [4.69, 9.17) is 14.2 Å². The van der Waals surface area contributed by atoms with Crippen LogP contribution in [0.4, 0.5) is 0 Å². The number of allylic oxidation sites excluding steroid dienone is 6. The number of nitrogens with zero attached hydrogens (tertiary/aromatic N) is 1. The zero-order valence-electron chi connectivity index (χ0n) is 33.6. The Morgan fingerprint density at radius 3 is 1.42 bits per heavy atom. The zero-order chi connectivity index (χ0) is 36.0. The lowest BCUT2D eigenvalue weighted by Gasteiger charge is -2.31. The van der Waals surface area contributed by atoms with Crippen LogP contribution in [-0.2, 0) is 14.2 Å². The summed E-state index contributed by atoms with van der Waals surface area (Å²) in [4.78, 5) is 2.14. The van der Waals surface area contributed by atoms with Gasteiger partial charge in [-0.1, -0.05) is 147 Å². The molecule has 1 N–H and O–H groups in total. The third-order valence-corrected chi connectivity index (χ3v) is 10.9. The van der Waals surface area contributed by atoms with Crippen molar-refractivity contribution in [1.82, 2.24) is 4.90 Å². The normalized spacial score (nSPS) is 24.7. The standard InChI is InChI=1S/C45H83NO4/c1-5-7-9-11-13-15-17-19-21-23-25-27-29-31-33-35-37-45(49-43-41(47)39-46(3)40-42(48-4)44(43)50-45)38-36-34-32-30-28-26-24-22-20-18-16-14-12-10-8-6-2/h13-16,19,21,41-44,47H,5-12,17-18,20,22-40H2,1-4H3/b15-13-,16-14-,21-19-/t41-,42+,43+,44-,45?/m1/s1. The quantitative estimate of drug-likeness (QED) is 0.0559. The first-order chi connectivity index (χ1) is 24.5. The van der Waals surface area contributed by atoms with Crippen molar-refractivity contribution in [3.63, 3.8) is 0 Å². The predicted octanol–water partition coefficient (Wildman–Crippen LogP) is 12.4. The van der Waals surface area contributed by atoms with Gasteiger partial charge in [0.1, 0.15) is 12.2 Å². The van der Waals surface area contributed by atoms with Gasteiger partial charge in [-0.2, -0.15) is 0 Å². The van der Waals surface area contributed by atoms with Gasteiger partial charge < -0.3 is 24.2 Å². The van der Waals surface area contributed by atoms with Gasteiger partial charge >= 0.3 is 0 Å². The topological polar surface area (TPSA) is 51.2 Å². The first-order valence-corrected chi connectivity index (χ1v) is 21.7. The van der Waals surface area contributed by atoms with Gasteiger partial charge in [0, 0.05) is 33.0 Å². The maximum atomic E-state index is 11.1. The summed E-state index contributed by atoms with van der Waals surface area (Å²) in [7, 11) is 3.81. The summed E-state index contributed by atoms with van der Waals surface area (Å²) in [5, 5.41) is 11.1. The van der Waals surface area contributed by atoms with Crippen molar-refractivity contribution in [2.75, 3.05) is 27.2 Å². The van der Waals surface area contributed by atoms with Gasteiger partial charge in [0.2, 0.25) is 0 Å². The summed E-state index contributed by atoms with van der Waals surface area (Å²) in [6, 6.07) is 0. The average molecular weight is 702 g/mol. The van der Waals surface area contributed by atoms with Crippen LogP contribution in [-0.4, -0.2) is 67.5 Å². The molecule has 292 valence electrons. The molecule has 0 aromatic rings. The van der Waals surface area contributed by atoms with Crippen LogP contribution in [0.3, 0.4) is 0 Å². The van der Waals surface area contributed by atoms with Crippen LogP contribution in [0.5, 0.6) is 0 Å². The minimum absolute atomic E-state index is 0.0818. The van der Waals surface area contributed by atoms with Crippen LogP contribution in [0.2, 0.25) is 0 Å². The predicted molar refractivity (Wildman–Crippen MR) is 215 cm³/mol. The molecule has 0 bridgehead atoms. The van der Waals surface area contributed by atoms with E-state index in [9.17, 15) is 5.11 Å². The SMILES string of the molecule is CCCCC/C=C\C/C=C\CCCCCCCCC1(CCCCCCCCCCC/C=C\CCCCC)O[C@@H]2[C@H](O1)[C@@H](OC)CN(C)C[C@H]2O. The highest BCUT2D eigenvalue weighted by Crippen LogP contribution is 2.41. The Kier molecular flexibility index (Phi) is 27.5. The molecule has 2 aliphatic heterocycles. The molecule has 5 nitrogen and oxygen atoms in total. The molecule has 0 aromatic heterocycles. The molecular weight excluding hydrogens is 618 g/mol. The number of aliphatic hydroxyl groups excluding tert-OH is 1. The van der Waals surface area contributed by atoms with Crippen LogP contribution in [0.25, 0.3) is 0 Å². The second-order valence-corrected chi connectivity index (χ2v) is 15.7. The van der Waals surface area contributed by atoms with Crippen molar-refractivity contribution in [2.45, 2.75) is 224 Å². The molecule has 2 fully saturated rings. The van der Waals surface area contributed by atoms with Crippen LogP contribution < -0.4 is 0 Å². The Labute approximate surface area is 311 Å². The van der Waals surface area contributed by atoms with Crippen LogP contribution in [0.15, 0.2) is 36.5 Å². The lowest BCUT2D eigenvalue weighted by Crippen LogP contribution is -2.42. The van der Waals surface area contributed by atoms with E-state index < -0.39 is 11.9 Å². The Bertz CT molecular complexity index is 858. The third kappa shape index (κ3) is 20.9. The molecule has 5 heteroatoms. The summed E-state index contributed by atoms with van der Waals surface area (Å²) in [6.07, 6.45) is 48.2. The number of ether oxygens (including phenoxy) is 3. The molecule has 2 saturated heterocycles. The highest BCUT2D eigenvalue weighted by atomic mass is 16.8. The van der Waals surface area contributed by atoms with Gasteiger partial charge in [0.05, 0.1) is 12.2 Å². The molecule has 1 unspecified atom stereocenters. The Balaban J connectivity index is 1.65. The number of likely N-dealkylation sites (N-methyl/N-ethyl adjacent to an activating group) is 1. The number of methoxy groups -OCH3 is 1. The van der Waals surface area contributed by atoms with Gasteiger partial charge in [-0.15, -0.1) is 0 Å². The highest BCUT2D eigenvalue weighted by molar-refractivity contribution is 4.98. The summed E-state index contributed by atoms with van der Waals surface area (Å²) in [5.41, 5.74) is 0. The monoisotopic (exact) mass is 702 g/mol. The summed E-state index contributed by atoms with van der Waals surface area (Å²) >= 11 is 0. The van der Waals surface area contributed by atoms with Gasteiger partial charge in [0.25, 0.3) is 0 Å². The van der Waals surface area contributed by atoms with Gasteiger partial charge in [-0.25, -0.2) is 0 Å². The van der Waals surface area contributed by atoms with E-state index in [1.54, 1.807) is 7.11 Å². The van der Waals surface area contributed by atoms with E-state index in [1.807, 2.05) is 7.05 Å². The fraction of sp³-hybridized carbons (Fsp3) is 0.867. The molecule has 50 heavy (non-hydrogen) atoms. The fourth-order valence-corrected chi connectivity index (χ4v) is 7.75. The smallest absolute Gasteiger partial charge is 0.169 e. The highest BCUT2D eigenvalue weighted by Gasteiger charge is 2.53. The molecular formula is C45H83NO4. The van der Waals surface area contributed by atoms with E-state index >= 15 is 0 Å². The molecule has 5 atom stereocenters. The van der Waals surface area contributed by atoms with Crippen molar-refractivity contribution in [2.24, 2.45) is 0 Å². The van der Waals surface area contributed by atoms with Crippen LogP contribution in [0.1, 0.15) is 194 Å². The molecule has 0 saturated carbocycles. The zero-order valence-corrected chi connectivity index (χ0v) is 33.6. The van der Waals surface area contributed by atoms with Crippen molar-refractivity contribution < 1.29 is 19.3 Å². The Morgan fingerprint density at radius 2 is 0.960 bits per heavy atom. The second-order valence-electron chi connectivity index (χ2n) is 15.7. The molecule has 0 radical (unpaired) electrons. The fourth-order valence-electron chi connectivity index (χ4n) is 7.75. The van der Waals surface area contributed by atoms with Gasteiger partial charge in [0.15, 0.2) is 5.79 Å². The molecule has 0 aromatic carbocycles. The molecule has 0 aliphatic carbocycles. The number of likely N-dealkylation sites (tertiary alicyclic amines) is 1. The molecule has 2 rings (SSSR count). The van der Waals surface area contributed by atoms with Crippen molar-refractivity contribution >= 4 is 0 Å². The molecule has 0 amide bonds. The van der Waals surface area contributed by atoms with E-state index in [1.165, 1.54) is 148 Å². The number of hydrogen-bond donors (Lipinski definition) is 1. The number of unbranched alkanes of at least 4 members (excludes halogenated alkanes) is 21. The van der Waals surface area contributed by atoms with E-state index in [-0.39, 0.29) is 18.3 Å². The number of rotatable bonds is 32. The minimum Gasteiger partial charge on any atom is -0.389 e. The summed E-state index contributed by atoms with van der Waals surface area (Å²) in [6.45, 7) is 5.89. The summed E-state index contributed by atoms with van der Waals surface area (Å²) in [5.74, 6) is -0.581. The van der Waals surface area contributed by atoms with Gasteiger partial charge in [-0.3, -0.25) is 0 Å². The van der Waals surface area contributed by atoms with Crippen molar-refractivity contribution in [3.8, 4) is 0 Å². The number of fused-ring (bicyclic) bond motifs is 1. The second kappa shape index (κ2) is 30.5. The Morgan fingerprint density at radius 1 is 0.560 bits per heavy atom. The maximum Gasteiger partial charge on any atom is 0.169 e. The average Bonchev–Trinajstić information content (AvgIpc) is 3.45. The number of β-amino-alcohol motifs (C(OH)–C–C–N with tert-alkyl or cyclic N) is 1. The van der Waals surface area contributed by atoms with Crippen LogP contribution >= 0.6 is 0 Å². The first kappa shape index (κ1) is 45.2. The summed E-state index contributed by atoms with van der Waals surface area (Å²) < 4.78 is 19.5. The maximum absolute atomic E-state index is 11.1. The van der Waals surface area contributed by atoms with E-state index in [0.29, 0.717) is 6.54 Å². The molecule has 2 aliphatic rings. The van der Waals surface area contributed by atoms with Crippen molar-refractivity contribution in [1.29, 1.82) is 0 Å². The van der Waals surface area contributed by atoms with Crippen molar-refractivity contribution in [3.05, 3.63) is 36.5 Å². The largest absolute Gasteiger partial charge is 0.389 e.